The second-order valence-corrected chi connectivity index (χ2v) is 7.40. The molecule has 0 unspecified atom stereocenters. The first-order chi connectivity index (χ1) is 12.2. The van der Waals surface area contributed by atoms with E-state index in [1.165, 1.54) is 29.7 Å². The largest absolute Gasteiger partial charge is 0.455 e. The van der Waals surface area contributed by atoms with Crippen LogP contribution in [0, 0.1) is 0 Å². The van der Waals surface area contributed by atoms with Gasteiger partial charge < -0.3 is 19.9 Å². The predicted octanol–water partition coefficient (Wildman–Crippen LogP) is 2.00. The molecule has 0 saturated carbocycles. The number of esters is 1. The van der Waals surface area contributed by atoms with Crippen LogP contribution in [-0.2, 0) is 38.5 Å². The van der Waals surface area contributed by atoms with E-state index in [-0.39, 0.29) is 13.2 Å². The summed E-state index contributed by atoms with van der Waals surface area (Å²) in [6, 6.07) is 0. The lowest BCUT2D eigenvalue weighted by Crippen LogP contribution is -2.36. The molecule has 1 atom stereocenters. The van der Waals surface area contributed by atoms with Crippen LogP contribution in [0.15, 0.2) is 0 Å². The van der Waals surface area contributed by atoms with E-state index < -0.39 is 12.1 Å². The number of fused-ring (bicyclic) bond motifs is 3. The quantitative estimate of drug-likeness (QED) is 0.658. The average molecular weight is 363 g/mol. The number of thiophene rings is 1. The van der Waals surface area contributed by atoms with E-state index in [0.717, 1.165) is 23.1 Å². The maximum atomic E-state index is 12.0. The summed E-state index contributed by atoms with van der Waals surface area (Å²) in [4.78, 5) is 23.2. The Hall–Kier alpha value is -1.77. The van der Waals surface area contributed by atoms with Crippen LogP contribution in [0.1, 0.15) is 35.5 Å². The molecular formula is C17H21N3O4S. The number of nitrogen functional groups attached to an aromatic ring is 1. The first-order valence-electron chi connectivity index (χ1n) is 8.65. The van der Waals surface area contributed by atoms with Gasteiger partial charge in [0.1, 0.15) is 10.6 Å². The molecule has 1 aliphatic carbocycles. The molecule has 3 heterocycles. The third-order valence-electron chi connectivity index (χ3n) is 4.56. The van der Waals surface area contributed by atoms with Crippen LogP contribution >= 0.6 is 11.3 Å². The zero-order valence-electron chi connectivity index (χ0n) is 14.0. The Morgan fingerprint density at radius 3 is 2.96 bits per heavy atom. The molecule has 1 saturated heterocycles. The molecule has 2 N–H and O–H groups in total. The Morgan fingerprint density at radius 2 is 2.12 bits per heavy atom. The minimum atomic E-state index is -0.673. The van der Waals surface area contributed by atoms with Crippen molar-refractivity contribution in [1.82, 2.24) is 9.97 Å². The van der Waals surface area contributed by atoms with E-state index >= 15 is 0 Å². The second kappa shape index (κ2) is 7.23. The van der Waals surface area contributed by atoms with Gasteiger partial charge in [-0.05, 0) is 31.2 Å². The van der Waals surface area contributed by atoms with E-state index in [1.807, 2.05) is 0 Å². The predicted molar refractivity (Wildman–Crippen MR) is 93.4 cm³/mol. The molecule has 0 aromatic carbocycles. The Kier molecular flexibility index (Phi) is 4.82. The van der Waals surface area contributed by atoms with E-state index in [1.54, 1.807) is 11.3 Å². The van der Waals surface area contributed by atoms with E-state index in [9.17, 15) is 4.79 Å². The highest BCUT2D eigenvalue weighted by Crippen LogP contribution is 2.37. The van der Waals surface area contributed by atoms with Crippen molar-refractivity contribution < 1.29 is 19.0 Å². The van der Waals surface area contributed by atoms with Crippen LogP contribution in [-0.4, -0.2) is 41.9 Å². The molecule has 8 heteroatoms. The zero-order chi connectivity index (χ0) is 17.2. The third kappa shape index (κ3) is 3.47. The smallest absolute Gasteiger partial charge is 0.338 e. The molecule has 4 rings (SSSR count). The lowest BCUT2D eigenvalue weighted by molar-refractivity contribution is -0.172. The number of rotatable bonds is 3. The van der Waals surface area contributed by atoms with Gasteiger partial charge in [0.05, 0.1) is 25.2 Å². The fourth-order valence-corrected chi connectivity index (χ4v) is 4.61. The Morgan fingerprint density at radius 1 is 1.24 bits per heavy atom. The molecule has 0 amide bonds. The monoisotopic (exact) mass is 363 g/mol. The summed E-state index contributed by atoms with van der Waals surface area (Å²) in [6.45, 7) is 1.11. The SMILES string of the molecule is Nc1nc(COC(=O)[C@@H]2COCCO2)nc2sc3c(c12)CCCCC3. The van der Waals surface area contributed by atoms with Crippen LogP contribution < -0.4 is 5.73 Å². The van der Waals surface area contributed by atoms with Gasteiger partial charge in [0, 0.05) is 4.88 Å². The highest BCUT2D eigenvalue weighted by atomic mass is 32.1. The van der Waals surface area contributed by atoms with Crippen molar-refractivity contribution in [3.05, 3.63) is 16.3 Å². The number of ether oxygens (including phenoxy) is 3. The van der Waals surface area contributed by atoms with Crippen molar-refractivity contribution in [3.63, 3.8) is 0 Å². The van der Waals surface area contributed by atoms with Crippen LogP contribution in [0.2, 0.25) is 0 Å². The molecule has 7 nitrogen and oxygen atoms in total. The van der Waals surface area contributed by atoms with Crippen molar-refractivity contribution in [2.45, 2.75) is 44.8 Å². The van der Waals surface area contributed by atoms with Gasteiger partial charge in [0.25, 0.3) is 0 Å². The topological polar surface area (TPSA) is 96.6 Å². The molecule has 0 radical (unpaired) electrons. The van der Waals surface area contributed by atoms with Crippen molar-refractivity contribution >= 4 is 33.3 Å². The molecule has 2 aromatic heterocycles. The number of hydrogen-bond donors (Lipinski definition) is 1. The number of hydrogen-bond acceptors (Lipinski definition) is 8. The number of nitrogens with zero attached hydrogens (tertiary/aromatic N) is 2. The minimum absolute atomic E-state index is 0.0125. The average Bonchev–Trinajstić information content (AvgIpc) is 2.82. The number of aromatic nitrogens is 2. The van der Waals surface area contributed by atoms with E-state index in [4.69, 9.17) is 19.9 Å². The number of aryl methyl sites for hydroxylation is 2. The summed E-state index contributed by atoms with van der Waals surface area (Å²) in [5.74, 6) is 0.447. The van der Waals surface area contributed by atoms with E-state index in [2.05, 4.69) is 9.97 Å². The summed E-state index contributed by atoms with van der Waals surface area (Å²) in [5, 5.41) is 0.987. The lowest BCUT2D eigenvalue weighted by atomic mass is 10.1. The normalized spacial score (nSPS) is 20.9. The van der Waals surface area contributed by atoms with Gasteiger partial charge in [0.15, 0.2) is 18.5 Å². The number of nitrogens with two attached hydrogens (primary N) is 1. The second-order valence-electron chi connectivity index (χ2n) is 6.31. The van der Waals surface area contributed by atoms with Crippen LogP contribution in [0.25, 0.3) is 10.2 Å². The number of carbonyl (C=O) groups excluding carboxylic acids is 1. The molecule has 1 aliphatic heterocycles. The first-order valence-corrected chi connectivity index (χ1v) is 9.46. The molecule has 1 fully saturated rings. The molecule has 2 aromatic rings. The Bertz CT molecular complexity index is 786. The Labute approximate surface area is 149 Å². The van der Waals surface area contributed by atoms with Crippen molar-refractivity contribution in [2.24, 2.45) is 0 Å². The third-order valence-corrected chi connectivity index (χ3v) is 5.75. The van der Waals surface area contributed by atoms with Gasteiger partial charge in [0.2, 0.25) is 0 Å². The summed E-state index contributed by atoms with van der Waals surface area (Å²) >= 11 is 1.69. The molecule has 134 valence electrons. The molecule has 2 aliphatic rings. The lowest BCUT2D eigenvalue weighted by Gasteiger charge is -2.21. The summed E-state index contributed by atoms with van der Waals surface area (Å²) in [6.07, 6.45) is 5.09. The standard InChI is InChI=1S/C17H21N3O4S/c18-15-14-10-4-2-1-3-5-12(10)25-16(14)20-13(19-15)9-24-17(21)11-8-22-6-7-23-11/h11H,1-9H2,(H2,18,19,20)/t11-/m0/s1. The molecular weight excluding hydrogens is 342 g/mol. The summed E-state index contributed by atoms with van der Waals surface area (Å²) in [7, 11) is 0. The van der Waals surface area contributed by atoms with Gasteiger partial charge >= 0.3 is 5.97 Å². The van der Waals surface area contributed by atoms with Crippen LogP contribution in [0.5, 0.6) is 0 Å². The molecule has 0 spiro atoms. The number of anilines is 1. The number of carbonyl (C=O) groups is 1. The fraction of sp³-hybridized carbons (Fsp3) is 0.588. The minimum Gasteiger partial charge on any atom is -0.455 e. The molecule has 0 bridgehead atoms. The Balaban J connectivity index is 1.52. The van der Waals surface area contributed by atoms with E-state index in [0.29, 0.717) is 24.9 Å². The highest BCUT2D eigenvalue weighted by Gasteiger charge is 2.25. The van der Waals surface area contributed by atoms with Gasteiger partial charge in [-0.15, -0.1) is 11.3 Å². The van der Waals surface area contributed by atoms with Crippen molar-refractivity contribution in [1.29, 1.82) is 0 Å². The summed E-state index contributed by atoms with van der Waals surface area (Å²) < 4.78 is 15.8. The van der Waals surface area contributed by atoms with Gasteiger partial charge in [-0.25, -0.2) is 14.8 Å². The highest BCUT2D eigenvalue weighted by molar-refractivity contribution is 7.19. The zero-order valence-corrected chi connectivity index (χ0v) is 14.8. The van der Waals surface area contributed by atoms with Crippen molar-refractivity contribution in [2.75, 3.05) is 25.6 Å². The van der Waals surface area contributed by atoms with Crippen LogP contribution in [0.4, 0.5) is 5.82 Å². The maximum absolute atomic E-state index is 12.0. The van der Waals surface area contributed by atoms with Gasteiger partial charge in [-0.1, -0.05) is 6.42 Å². The van der Waals surface area contributed by atoms with Crippen LogP contribution in [0.3, 0.4) is 0 Å². The van der Waals surface area contributed by atoms with Gasteiger partial charge in [-0.2, -0.15) is 0 Å². The maximum Gasteiger partial charge on any atom is 0.338 e. The molecule has 25 heavy (non-hydrogen) atoms. The van der Waals surface area contributed by atoms with Gasteiger partial charge in [-0.3, -0.25) is 0 Å². The summed E-state index contributed by atoms with van der Waals surface area (Å²) in [5.41, 5.74) is 7.51. The first kappa shape index (κ1) is 16.7. The van der Waals surface area contributed by atoms with Crippen molar-refractivity contribution in [3.8, 4) is 0 Å². The fourth-order valence-electron chi connectivity index (χ4n) is 3.33.